The molecule has 0 bridgehead atoms. The molecule has 4 nitrogen and oxygen atoms in total. The molecular weight excluding hydrogens is 334 g/mol. The van der Waals surface area contributed by atoms with Gasteiger partial charge in [0, 0.05) is 17.5 Å². The van der Waals surface area contributed by atoms with Crippen LogP contribution in [-0.2, 0) is 27.7 Å². The lowest BCUT2D eigenvalue weighted by Crippen LogP contribution is -2.16. The summed E-state index contributed by atoms with van der Waals surface area (Å²) in [5.74, 6) is 0.0233. The van der Waals surface area contributed by atoms with Gasteiger partial charge in [0.25, 0.3) is 10.0 Å². The zero-order chi connectivity index (χ0) is 17.6. The minimum absolute atomic E-state index is 0.0233. The zero-order valence-corrected chi connectivity index (χ0v) is 14.8. The van der Waals surface area contributed by atoms with Gasteiger partial charge in [0.15, 0.2) is 0 Å². The topological polar surface area (TPSA) is 56.1 Å². The van der Waals surface area contributed by atoms with Crippen molar-refractivity contribution >= 4 is 27.2 Å². The fourth-order valence-corrected chi connectivity index (χ4v) is 4.97. The van der Waals surface area contributed by atoms with E-state index in [2.05, 4.69) is 0 Å². The second-order valence-electron chi connectivity index (χ2n) is 6.70. The molecule has 0 saturated carbocycles. The van der Waals surface area contributed by atoms with E-state index in [1.807, 2.05) is 25.1 Å². The third-order valence-corrected chi connectivity index (χ3v) is 6.77. The summed E-state index contributed by atoms with van der Waals surface area (Å²) >= 11 is 0. The van der Waals surface area contributed by atoms with Crippen LogP contribution in [0, 0.1) is 12.8 Å². The van der Waals surface area contributed by atoms with E-state index < -0.39 is 10.0 Å². The van der Waals surface area contributed by atoms with Crippen LogP contribution >= 0.6 is 0 Å². The van der Waals surface area contributed by atoms with Crippen LogP contribution < -0.4 is 0 Å². The van der Waals surface area contributed by atoms with Crippen molar-refractivity contribution in [2.24, 2.45) is 5.92 Å². The van der Waals surface area contributed by atoms with E-state index in [1.54, 1.807) is 30.5 Å². The van der Waals surface area contributed by atoms with Gasteiger partial charge in [0.1, 0.15) is 6.29 Å². The summed E-state index contributed by atoms with van der Waals surface area (Å²) in [6, 6.07) is 12.6. The van der Waals surface area contributed by atoms with Crippen LogP contribution in [0.1, 0.15) is 23.1 Å². The summed E-state index contributed by atoms with van der Waals surface area (Å²) in [6.45, 7) is 1.93. The Labute approximate surface area is 147 Å². The van der Waals surface area contributed by atoms with E-state index >= 15 is 0 Å². The predicted octanol–water partition coefficient (Wildman–Crippen LogP) is 3.49. The molecule has 3 aromatic rings. The number of nitrogens with zero attached hydrogens (tertiary/aromatic N) is 1. The molecular formula is C20H19NO3S. The summed E-state index contributed by atoms with van der Waals surface area (Å²) in [5, 5.41) is 0.930. The second-order valence-corrected chi connectivity index (χ2v) is 8.52. The summed E-state index contributed by atoms with van der Waals surface area (Å²) in [4.78, 5) is 11.5. The average molecular weight is 353 g/mol. The summed E-state index contributed by atoms with van der Waals surface area (Å²) in [5.41, 5.74) is 4.02. The van der Waals surface area contributed by atoms with E-state index in [1.165, 1.54) is 9.54 Å². The van der Waals surface area contributed by atoms with Crippen molar-refractivity contribution in [2.45, 2.75) is 31.1 Å². The Morgan fingerprint density at radius 1 is 1.08 bits per heavy atom. The summed E-state index contributed by atoms with van der Waals surface area (Å²) in [7, 11) is -3.64. The minimum atomic E-state index is -3.64. The van der Waals surface area contributed by atoms with Crippen LogP contribution in [0.15, 0.2) is 53.6 Å². The van der Waals surface area contributed by atoms with E-state index in [0.29, 0.717) is 11.9 Å². The molecule has 128 valence electrons. The Hall–Kier alpha value is -2.40. The van der Waals surface area contributed by atoms with Crippen molar-refractivity contribution in [1.82, 2.24) is 3.97 Å². The number of hydrogen-bond acceptors (Lipinski definition) is 3. The molecule has 0 aliphatic heterocycles. The van der Waals surface area contributed by atoms with Crippen molar-refractivity contribution in [3.63, 3.8) is 0 Å². The Bertz CT molecular complexity index is 1060. The van der Waals surface area contributed by atoms with Crippen LogP contribution in [0.5, 0.6) is 0 Å². The zero-order valence-electron chi connectivity index (χ0n) is 14.0. The maximum Gasteiger partial charge on any atom is 0.268 e. The van der Waals surface area contributed by atoms with E-state index in [4.69, 9.17) is 0 Å². The Morgan fingerprint density at radius 2 is 1.84 bits per heavy atom. The molecule has 5 heteroatoms. The molecule has 0 spiro atoms. The normalized spacial score (nSPS) is 17.4. The van der Waals surface area contributed by atoms with Crippen molar-refractivity contribution in [3.8, 4) is 0 Å². The molecule has 1 aliphatic carbocycles. The van der Waals surface area contributed by atoms with Crippen LogP contribution in [-0.4, -0.2) is 18.7 Å². The lowest BCUT2D eigenvalue weighted by Gasteiger charge is -2.21. The molecule has 0 saturated heterocycles. The number of aldehydes is 1. The molecule has 1 aromatic heterocycles. The van der Waals surface area contributed by atoms with Crippen molar-refractivity contribution < 1.29 is 13.2 Å². The van der Waals surface area contributed by atoms with Crippen molar-refractivity contribution in [2.75, 3.05) is 0 Å². The standard InChI is InChI=1S/C20H19NO3S/c1-14-2-7-17(8-3-14)25(23,24)21-11-10-18-19-12-15(13-22)4-5-16(19)6-9-20(18)21/h2-3,6-11,13,15H,4-5,12H2,1H3. The number of aryl methyl sites for hydroxylation is 2. The van der Waals surface area contributed by atoms with Gasteiger partial charge < -0.3 is 4.79 Å². The maximum absolute atomic E-state index is 13.0. The van der Waals surface area contributed by atoms with Gasteiger partial charge in [-0.05, 0) is 61.6 Å². The minimum Gasteiger partial charge on any atom is -0.303 e. The van der Waals surface area contributed by atoms with Crippen LogP contribution in [0.4, 0.5) is 0 Å². The second kappa shape index (κ2) is 5.85. The van der Waals surface area contributed by atoms with Gasteiger partial charge in [-0.3, -0.25) is 0 Å². The highest BCUT2D eigenvalue weighted by molar-refractivity contribution is 7.90. The largest absolute Gasteiger partial charge is 0.303 e. The third-order valence-electron chi connectivity index (χ3n) is 5.07. The molecule has 0 amide bonds. The number of fused-ring (bicyclic) bond motifs is 3. The van der Waals surface area contributed by atoms with E-state index in [-0.39, 0.29) is 10.8 Å². The summed E-state index contributed by atoms with van der Waals surface area (Å²) in [6.07, 6.45) is 5.05. The number of carbonyl (C=O) groups excluding carboxylic acids is 1. The van der Waals surface area contributed by atoms with Gasteiger partial charge in [-0.1, -0.05) is 23.8 Å². The van der Waals surface area contributed by atoms with Gasteiger partial charge >= 0.3 is 0 Å². The first kappa shape index (κ1) is 16.1. The fraction of sp³-hybridized carbons (Fsp3) is 0.250. The molecule has 25 heavy (non-hydrogen) atoms. The SMILES string of the molecule is Cc1ccc(S(=O)(=O)n2ccc3c4c(ccc32)CCC(C=O)C4)cc1. The number of aromatic nitrogens is 1. The third kappa shape index (κ3) is 2.59. The smallest absolute Gasteiger partial charge is 0.268 e. The first-order valence-corrected chi connectivity index (χ1v) is 9.84. The first-order valence-electron chi connectivity index (χ1n) is 8.40. The molecule has 0 N–H and O–H groups in total. The van der Waals surface area contributed by atoms with Crippen molar-refractivity contribution in [3.05, 3.63) is 65.4 Å². The molecule has 4 rings (SSSR count). The predicted molar refractivity (Wildman–Crippen MR) is 97.3 cm³/mol. The Balaban J connectivity index is 1.87. The van der Waals surface area contributed by atoms with Gasteiger partial charge in [-0.15, -0.1) is 0 Å². The van der Waals surface area contributed by atoms with Gasteiger partial charge in [0.2, 0.25) is 0 Å². The highest BCUT2D eigenvalue weighted by atomic mass is 32.2. The monoisotopic (exact) mass is 353 g/mol. The molecule has 2 aromatic carbocycles. The highest BCUT2D eigenvalue weighted by Crippen LogP contribution is 2.33. The Morgan fingerprint density at radius 3 is 2.56 bits per heavy atom. The molecule has 0 radical (unpaired) electrons. The summed E-state index contributed by atoms with van der Waals surface area (Å²) < 4.78 is 27.4. The van der Waals surface area contributed by atoms with E-state index in [0.717, 1.165) is 35.6 Å². The van der Waals surface area contributed by atoms with Crippen LogP contribution in [0.2, 0.25) is 0 Å². The lowest BCUT2D eigenvalue weighted by atomic mass is 9.83. The maximum atomic E-state index is 13.0. The highest BCUT2D eigenvalue weighted by Gasteiger charge is 2.24. The average Bonchev–Trinajstić information content (AvgIpc) is 3.07. The fourth-order valence-electron chi connectivity index (χ4n) is 3.63. The lowest BCUT2D eigenvalue weighted by molar-refractivity contribution is -0.111. The Kier molecular flexibility index (Phi) is 3.76. The molecule has 1 aliphatic rings. The number of benzene rings is 2. The van der Waals surface area contributed by atoms with E-state index in [9.17, 15) is 13.2 Å². The van der Waals surface area contributed by atoms with Crippen LogP contribution in [0.3, 0.4) is 0 Å². The quantitative estimate of drug-likeness (QED) is 0.677. The van der Waals surface area contributed by atoms with Gasteiger partial charge in [-0.2, -0.15) is 0 Å². The van der Waals surface area contributed by atoms with Crippen LogP contribution in [0.25, 0.3) is 10.9 Å². The number of rotatable bonds is 3. The van der Waals surface area contributed by atoms with Gasteiger partial charge in [-0.25, -0.2) is 12.4 Å². The molecule has 0 fully saturated rings. The number of carbonyl (C=O) groups is 1. The van der Waals surface area contributed by atoms with Gasteiger partial charge in [0.05, 0.1) is 10.4 Å². The molecule has 1 unspecified atom stereocenters. The van der Waals surface area contributed by atoms with Crippen molar-refractivity contribution in [1.29, 1.82) is 0 Å². The molecule has 1 heterocycles. The number of hydrogen-bond donors (Lipinski definition) is 0. The molecule has 1 atom stereocenters. The first-order chi connectivity index (χ1) is 12.0.